The van der Waals surface area contributed by atoms with Gasteiger partial charge in [0.2, 0.25) is 0 Å². The summed E-state index contributed by atoms with van der Waals surface area (Å²) in [6.45, 7) is 0.980. The van der Waals surface area contributed by atoms with Gasteiger partial charge in [0.25, 0.3) is 0 Å². The van der Waals surface area contributed by atoms with Crippen molar-refractivity contribution in [1.82, 2.24) is 4.31 Å². The summed E-state index contributed by atoms with van der Waals surface area (Å²) in [5, 5.41) is -0.219. The fraction of sp³-hybridized carbons (Fsp3) is 0.857. The summed E-state index contributed by atoms with van der Waals surface area (Å²) in [7, 11) is 0. The number of carbonyl (C=O) groups excluding carboxylic acids is 1. The Morgan fingerprint density at radius 2 is 2.29 bits per heavy atom. The molecule has 1 radical (unpaired) electrons. The molecule has 0 aromatic heterocycles. The van der Waals surface area contributed by atoms with Crippen LogP contribution in [0.25, 0.3) is 4.72 Å². The predicted octanol–water partition coefficient (Wildman–Crippen LogP) is 1.73. The molecule has 7 heteroatoms. The van der Waals surface area contributed by atoms with Crippen molar-refractivity contribution in [3.8, 4) is 0 Å². The van der Waals surface area contributed by atoms with Crippen LogP contribution in [0.3, 0.4) is 0 Å². The van der Waals surface area contributed by atoms with Gasteiger partial charge in [-0.05, 0) is 19.3 Å². The predicted molar refractivity (Wildman–Crippen MR) is 63.5 cm³/mol. The van der Waals surface area contributed by atoms with E-state index < -0.39 is 6.04 Å². The van der Waals surface area contributed by atoms with Crippen LogP contribution in [0.5, 0.6) is 0 Å². The van der Waals surface area contributed by atoms with Crippen LogP contribution in [-0.2, 0) is 24.6 Å². The summed E-state index contributed by atoms with van der Waals surface area (Å²) < 4.78 is 5.65. The van der Waals surface area contributed by atoms with Crippen molar-refractivity contribution < 1.29 is 24.6 Å². The maximum Gasteiger partial charge on any atom is 1.00 e. The minimum Gasteiger partial charge on any atom is -0.599 e. The zero-order valence-corrected chi connectivity index (χ0v) is 12.7. The average Bonchev–Trinajstić information content (AvgIpc) is 2.46. The molecular weight excluding hydrogens is 415 g/mol. The zero-order valence-electron chi connectivity index (χ0n) is 7.48. The second kappa shape index (κ2) is 7.53. The van der Waals surface area contributed by atoms with Crippen molar-refractivity contribution in [2.24, 2.45) is 0 Å². The van der Waals surface area contributed by atoms with Crippen molar-refractivity contribution in [2.45, 2.75) is 31.3 Å². The summed E-state index contributed by atoms with van der Waals surface area (Å²) in [6, 6.07) is -0.0650. The molecule has 1 heterocycles. The van der Waals surface area contributed by atoms with Crippen molar-refractivity contribution >= 4 is 43.4 Å². The molecular formula is C7H13N2OOsS3. The van der Waals surface area contributed by atoms with Crippen LogP contribution in [-0.4, -0.2) is 28.0 Å². The molecule has 0 amide bonds. The van der Waals surface area contributed by atoms with Gasteiger partial charge in [0.05, 0.1) is 0 Å². The standard InChI is InChI=1S/C7H13N2OS3.Os/c10-7(11)6(8-12)4-5-2-1-3-9(5)13;/h5-6,12-13H,1-4H2,(H,10,11);/q-1;+1. The number of hydrogen-bond donors (Lipinski definition) is 3. The van der Waals surface area contributed by atoms with Crippen LogP contribution in [0.4, 0.5) is 0 Å². The molecule has 3 nitrogen and oxygen atoms in total. The maximum absolute atomic E-state index is 10.9. The molecule has 0 spiro atoms. The van der Waals surface area contributed by atoms with E-state index in [0.29, 0.717) is 12.5 Å². The van der Waals surface area contributed by atoms with Crippen molar-refractivity contribution in [3.63, 3.8) is 0 Å². The molecule has 1 rings (SSSR count). The Hall–Kier alpha value is 1.28. The Morgan fingerprint density at radius 1 is 1.64 bits per heavy atom. The minimum absolute atomic E-state index is 0. The monoisotopic (exact) mass is 429 g/mol. The van der Waals surface area contributed by atoms with Gasteiger partial charge >= 0.3 is 19.8 Å². The first-order chi connectivity index (χ1) is 6.15. The Bertz CT molecular complexity index is 196. The van der Waals surface area contributed by atoms with Gasteiger partial charge in [0.15, 0.2) is 5.12 Å². The van der Waals surface area contributed by atoms with Gasteiger partial charge < -0.3 is 17.5 Å². The molecule has 0 bridgehead atoms. The number of nitrogens with zero attached hydrogens (tertiary/aromatic N) is 2. The van der Waals surface area contributed by atoms with Crippen LogP contribution in [0.2, 0.25) is 0 Å². The van der Waals surface area contributed by atoms with E-state index in [4.69, 9.17) is 0 Å². The van der Waals surface area contributed by atoms with Gasteiger partial charge in [-0.25, -0.2) is 0 Å². The largest absolute Gasteiger partial charge is 1.00 e. The van der Waals surface area contributed by atoms with Crippen LogP contribution in [0, 0.1) is 0 Å². The minimum atomic E-state index is -0.399. The van der Waals surface area contributed by atoms with E-state index in [9.17, 15) is 4.79 Å². The summed E-state index contributed by atoms with van der Waals surface area (Å²) in [5.74, 6) is 0. The third-order valence-corrected chi connectivity index (χ3v) is 3.37. The van der Waals surface area contributed by atoms with E-state index >= 15 is 0 Å². The molecule has 1 aliphatic rings. The van der Waals surface area contributed by atoms with Gasteiger partial charge in [0, 0.05) is 12.6 Å². The third kappa shape index (κ3) is 4.42. The summed E-state index contributed by atoms with van der Waals surface area (Å²) >= 11 is 11.8. The molecule has 2 atom stereocenters. The van der Waals surface area contributed by atoms with E-state index in [0.717, 1.165) is 19.4 Å². The normalized spacial score (nSPS) is 24.4. The molecule has 2 unspecified atom stereocenters. The number of rotatable bonds is 4. The molecule has 14 heavy (non-hydrogen) atoms. The molecule has 0 N–H and O–H groups in total. The Balaban J connectivity index is 0.00000169. The van der Waals surface area contributed by atoms with Crippen LogP contribution in [0.1, 0.15) is 19.3 Å². The van der Waals surface area contributed by atoms with E-state index in [1.54, 1.807) is 0 Å². The summed E-state index contributed by atoms with van der Waals surface area (Å²) in [4.78, 5) is 10.9. The fourth-order valence-electron chi connectivity index (χ4n) is 1.52. The topological polar surface area (TPSA) is 34.4 Å². The second-order valence-corrected chi connectivity index (χ2v) is 4.35. The van der Waals surface area contributed by atoms with Crippen LogP contribution < -0.4 is 0 Å². The molecule has 83 valence electrons. The Morgan fingerprint density at radius 3 is 2.64 bits per heavy atom. The maximum atomic E-state index is 10.9. The van der Waals surface area contributed by atoms with Gasteiger partial charge in [-0.15, -0.1) is 12.6 Å². The summed E-state index contributed by atoms with van der Waals surface area (Å²) in [6.07, 6.45) is 2.88. The zero-order chi connectivity index (χ0) is 9.84. The SMILES string of the molecule is O=C(S)C(CC1CCCN1S)[N-]S.[Os+]. The average molecular weight is 428 g/mol. The van der Waals surface area contributed by atoms with Gasteiger partial charge in [0.1, 0.15) is 0 Å². The van der Waals surface area contributed by atoms with Crippen molar-refractivity contribution in [2.75, 3.05) is 6.54 Å². The third-order valence-electron chi connectivity index (χ3n) is 2.27. The number of thiol groups is 3. The first-order valence-electron chi connectivity index (χ1n) is 4.17. The molecule has 0 saturated carbocycles. The number of carbonyl (C=O) groups is 1. The molecule has 0 aromatic rings. The first-order valence-corrected chi connectivity index (χ1v) is 5.42. The smallest absolute Gasteiger partial charge is 0.599 e. The first kappa shape index (κ1) is 15.3. The quantitative estimate of drug-likeness (QED) is 0.598. The molecule has 1 fully saturated rings. The van der Waals surface area contributed by atoms with E-state index in [2.05, 4.69) is 43.0 Å². The van der Waals surface area contributed by atoms with Crippen molar-refractivity contribution in [1.29, 1.82) is 0 Å². The molecule has 1 aliphatic heterocycles. The second-order valence-electron chi connectivity index (χ2n) is 3.16. The Kier molecular flexibility index (Phi) is 8.22. The molecule has 0 aromatic carbocycles. The molecule has 1 saturated heterocycles. The van der Waals surface area contributed by atoms with Gasteiger partial charge in [-0.2, -0.15) is 0 Å². The van der Waals surface area contributed by atoms with Crippen LogP contribution >= 0.6 is 38.3 Å². The molecule has 0 aliphatic carbocycles. The fourth-order valence-corrected chi connectivity index (χ4v) is 2.32. The van der Waals surface area contributed by atoms with Crippen molar-refractivity contribution in [3.05, 3.63) is 4.72 Å². The van der Waals surface area contributed by atoms with E-state index in [1.165, 1.54) is 0 Å². The van der Waals surface area contributed by atoms with E-state index in [-0.39, 0.29) is 24.9 Å². The van der Waals surface area contributed by atoms with Gasteiger partial charge in [-0.1, -0.05) is 18.9 Å². The van der Waals surface area contributed by atoms with Gasteiger partial charge in [-0.3, -0.25) is 9.10 Å². The van der Waals surface area contributed by atoms with Crippen LogP contribution in [0.15, 0.2) is 0 Å². The number of hydrogen-bond acceptors (Lipinski definition) is 4. The van der Waals surface area contributed by atoms with E-state index in [1.807, 2.05) is 4.31 Å². The summed E-state index contributed by atoms with van der Waals surface area (Å²) in [5.41, 5.74) is 0. The Labute approximate surface area is 114 Å².